The lowest BCUT2D eigenvalue weighted by Crippen LogP contribution is -2.51. The van der Waals surface area contributed by atoms with Crippen molar-refractivity contribution in [3.63, 3.8) is 0 Å². The number of carbonyl (C=O) groups excluding carboxylic acids is 1. The van der Waals surface area contributed by atoms with Crippen LogP contribution in [0, 0.1) is 52.3 Å². The minimum atomic E-state index is -0.230. The van der Waals surface area contributed by atoms with E-state index in [1.54, 1.807) is 5.57 Å². The number of nitrogens with zero attached hydrogens (tertiary/aromatic N) is 1. The predicted octanol–water partition coefficient (Wildman–Crippen LogP) is 10.0. The third kappa shape index (κ3) is 12.6. The zero-order valence-corrected chi connectivity index (χ0v) is 37.4. The van der Waals surface area contributed by atoms with Crippen molar-refractivity contribution in [1.82, 2.24) is 10.2 Å². The number of fused-ring (bicyclic) bond motifs is 5. The van der Waals surface area contributed by atoms with Gasteiger partial charge in [-0.25, -0.2) is 0 Å². The maximum absolute atomic E-state index is 13.5. The lowest BCUT2D eigenvalue weighted by molar-refractivity contribution is -0.157. The van der Waals surface area contributed by atoms with Crippen LogP contribution in [0.15, 0.2) is 11.6 Å². The number of hydrogen-bond acceptors (Lipinski definition) is 6. The van der Waals surface area contributed by atoms with Gasteiger partial charge in [-0.15, -0.1) is 49.6 Å². The summed E-state index contributed by atoms with van der Waals surface area (Å²) in [6.45, 7) is 22.3. The number of ether oxygens (including phenoxy) is 1. The molecule has 0 aromatic rings. The minimum Gasteiger partial charge on any atom is -0.461 e. The van der Waals surface area contributed by atoms with E-state index in [2.05, 4.69) is 57.8 Å². The largest absolute Gasteiger partial charge is 0.461 e. The molecule has 4 aliphatic rings. The molecule has 5 N–H and O–H groups in total. The molecule has 0 spiro atoms. The molecule has 6 nitrogen and oxygen atoms in total. The highest BCUT2D eigenvalue weighted by Gasteiger charge is 2.59. The Hall–Kier alpha value is 0.210. The van der Waals surface area contributed by atoms with Gasteiger partial charge in [-0.1, -0.05) is 66.0 Å². The molecular formula is C42H82Cl4N4O2. The van der Waals surface area contributed by atoms with Crippen LogP contribution in [0.3, 0.4) is 0 Å². The van der Waals surface area contributed by atoms with E-state index in [-0.39, 0.29) is 73.2 Å². The standard InChI is InChI=1S/C42H78N4O2.4ClH/c1-8-33(30(2)3)14-13-31(4)37-17-18-38-36-16-15-34-29-35(19-21-41(34,6)39(36)20-22-42(37,38)7)48-40(47)32(5)46(28-12-24-44)27-10-9-25-45-26-11-23-43;;;;/h15,30-33,35-39,45H,8-14,16-29,43-44H2,1-7H3;4*1H/t31?,32?,33?,35-,36-,37+,38-,39-,41-,42+;;;;/m0..../s1. The van der Waals surface area contributed by atoms with E-state index in [9.17, 15) is 4.79 Å². The first-order valence-corrected chi connectivity index (χ1v) is 20.7. The molecule has 0 saturated heterocycles. The van der Waals surface area contributed by atoms with Crippen LogP contribution in [0.25, 0.3) is 0 Å². The van der Waals surface area contributed by atoms with Crippen LogP contribution < -0.4 is 16.8 Å². The summed E-state index contributed by atoms with van der Waals surface area (Å²) < 4.78 is 6.33. The van der Waals surface area contributed by atoms with Crippen molar-refractivity contribution in [1.29, 1.82) is 0 Å². The lowest BCUT2D eigenvalue weighted by Gasteiger charge is -2.58. The van der Waals surface area contributed by atoms with Crippen molar-refractivity contribution in [2.24, 2.45) is 63.7 Å². The molecule has 310 valence electrons. The van der Waals surface area contributed by atoms with Crippen LogP contribution in [0.5, 0.6) is 0 Å². The van der Waals surface area contributed by atoms with Crippen molar-refractivity contribution in [3.05, 3.63) is 11.6 Å². The van der Waals surface area contributed by atoms with Crippen LogP contribution in [-0.2, 0) is 9.53 Å². The smallest absolute Gasteiger partial charge is 0.323 e. The zero-order valence-electron chi connectivity index (χ0n) is 34.2. The molecule has 4 rings (SSSR count). The first-order valence-electron chi connectivity index (χ1n) is 20.7. The number of unbranched alkanes of at least 4 members (excludes halogenated alkanes) is 1. The number of allylic oxidation sites excluding steroid dienone is 1. The summed E-state index contributed by atoms with van der Waals surface area (Å²) in [6, 6.07) is -0.230. The van der Waals surface area contributed by atoms with Crippen molar-refractivity contribution >= 4 is 55.6 Å². The SMILES string of the molecule is CCC(CCC(C)[C@H]1CC[C@H]2[C@@H]3CC=C4C[C@@H](OC(=O)C(C)N(CCCN)CCCCNCCCN)CC[C@]4(C)[C@H]3CC[C@]12C)C(C)C.Cl.Cl.Cl.Cl. The van der Waals surface area contributed by atoms with Gasteiger partial charge >= 0.3 is 5.97 Å². The van der Waals surface area contributed by atoms with Gasteiger partial charge in [0.05, 0.1) is 0 Å². The molecule has 10 atom stereocenters. The molecule has 0 heterocycles. The monoisotopic (exact) mass is 815 g/mol. The molecule has 0 amide bonds. The van der Waals surface area contributed by atoms with Crippen LogP contribution in [0.4, 0.5) is 0 Å². The van der Waals surface area contributed by atoms with E-state index in [1.807, 2.05) is 6.92 Å². The van der Waals surface area contributed by atoms with Gasteiger partial charge in [-0.05, 0) is 169 Å². The Labute approximate surface area is 345 Å². The Morgan fingerprint density at radius 3 is 2.21 bits per heavy atom. The van der Waals surface area contributed by atoms with E-state index in [0.29, 0.717) is 12.0 Å². The number of rotatable bonds is 20. The number of carbonyl (C=O) groups is 1. The van der Waals surface area contributed by atoms with Crippen LogP contribution >= 0.6 is 49.6 Å². The summed E-state index contributed by atoms with van der Waals surface area (Å²) in [5.41, 5.74) is 13.9. The Bertz CT molecular complexity index is 1040. The number of hydrogen-bond donors (Lipinski definition) is 3. The molecule has 0 aromatic heterocycles. The molecule has 3 fully saturated rings. The molecule has 52 heavy (non-hydrogen) atoms. The normalized spacial score (nSPS) is 30.9. The fourth-order valence-corrected chi connectivity index (χ4v) is 11.5. The van der Waals surface area contributed by atoms with Gasteiger partial charge in [0, 0.05) is 13.0 Å². The fraction of sp³-hybridized carbons (Fsp3) is 0.929. The Morgan fingerprint density at radius 2 is 1.56 bits per heavy atom. The maximum atomic E-state index is 13.5. The first kappa shape index (κ1) is 52.2. The topological polar surface area (TPSA) is 93.6 Å². The van der Waals surface area contributed by atoms with E-state index in [4.69, 9.17) is 16.2 Å². The zero-order chi connectivity index (χ0) is 34.9. The summed E-state index contributed by atoms with van der Waals surface area (Å²) in [7, 11) is 0. The van der Waals surface area contributed by atoms with Crippen LogP contribution in [-0.4, -0.2) is 62.3 Å². The van der Waals surface area contributed by atoms with Crippen LogP contribution in [0.2, 0.25) is 0 Å². The Morgan fingerprint density at radius 1 is 0.885 bits per heavy atom. The fourth-order valence-electron chi connectivity index (χ4n) is 11.5. The molecule has 0 aliphatic heterocycles. The van der Waals surface area contributed by atoms with Crippen LogP contribution in [0.1, 0.15) is 145 Å². The van der Waals surface area contributed by atoms with E-state index in [1.165, 1.54) is 51.4 Å². The Balaban J connectivity index is 0.00000650. The van der Waals surface area contributed by atoms with E-state index < -0.39 is 0 Å². The molecule has 3 saturated carbocycles. The van der Waals surface area contributed by atoms with Crippen molar-refractivity contribution in [2.75, 3.05) is 39.3 Å². The maximum Gasteiger partial charge on any atom is 0.323 e. The van der Waals surface area contributed by atoms with Gasteiger partial charge in [0.25, 0.3) is 0 Å². The van der Waals surface area contributed by atoms with Crippen molar-refractivity contribution in [3.8, 4) is 0 Å². The lowest BCUT2D eigenvalue weighted by atomic mass is 9.47. The van der Waals surface area contributed by atoms with E-state index in [0.717, 1.165) is 119 Å². The highest BCUT2D eigenvalue weighted by molar-refractivity contribution is 5.86. The highest BCUT2D eigenvalue weighted by atomic mass is 35.5. The van der Waals surface area contributed by atoms with Gasteiger partial charge < -0.3 is 21.5 Å². The van der Waals surface area contributed by atoms with Gasteiger partial charge in [0.1, 0.15) is 12.1 Å². The summed E-state index contributed by atoms with van der Waals surface area (Å²) in [6.07, 6.45) is 20.9. The molecular weight excluding hydrogens is 734 g/mol. The number of halogens is 4. The third-order valence-electron chi connectivity index (χ3n) is 14.7. The van der Waals surface area contributed by atoms with E-state index >= 15 is 0 Å². The average Bonchev–Trinajstić information content (AvgIpc) is 3.43. The third-order valence-corrected chi connectivity index (χ3v) is 14.7. The molecule has 0 bridgehead atoms. The second-order valence-corrected chi connectivity index (χ2v) is 17.7. The quantitative estimate of drug-likeness (QED) is 0.0644. The average molecular weight is 817 g/mol. The second-order valence-electron chi connectivity index (χ2n) is 17.7. The second kappa shape index (κ2) is 24.8. The van der Waals surface area contributed by atoms with Crippen molar-refractivity contribution < 1.29 is 9.53 Å². The number of nitrogens with two attached hydrogens (primary N) is 2. The van der Waals surface area contributed by atoms with Gasteiger partial charge in [0.15, 0.2) is 0 Å². The molecule has 4 aliphatic carbocycles. The first-order chi connectivity index (χ1) is 23.0. The van der Waals surface area contributed by atoms with Gasteiger partial charge in [0.2, 0.25) is 0 Å². The summed E-state index contributed by atoms with van der Waals surface area (Å²) in [5, 5.41) is 3.47. The van der Waals surface area contributed by atoms with Gasteiger partial charge in [-0.2, -0.15) is 0 Å². The molecule has 0 aromatic carbocycles. The Kier molecular flexibility index (Phi) is 24.9. The highest BCUT2D eigenvalue weighted by Crippen LogP contribution is 2.67. The molecule has 3 unspecified atom stereocenters. The number of nitrogens with one attached hydrogen (secondary N) is 1. The minimum absolute atomic E-state index is 0. The van der Waals surface area contributed by atoms with Crippen molar-refractivity contribution in [2.45, 2.75) is 157 Å². The van der Waals surface area contributed by atoms with Gasteiger partial charge in [-0.3, -0.25) is 9.69 Å². The number of esters is 1. The summed E-state index contributed by atoms with van der Waals surface area (Å²) in [5.74, 6) is 5.88. The predicted molar refractivity (Wildman–Crippen MR) is 232 cm³/mol. The molecule has 10 heteroatoms. The summed E-state index contributed by atoms with van der Waals surface area (Å²) >= 11 is 0. The molecule has 0 radical (unpaired) electrons. The summed E-state index contributed by atoms with van der Waals surface area (Å²) in [4.78, 5) is 15.8.